The number of methoxy groups -OCH3 is 1. The van der Waals surface area contributed by atoms with Gasteiger partial charge in [0.1, 0.15) is 29.4 Å². The van der Waals surface area contributed by atoms with Crippen molar-refractivity contribution in [2.45, 2.75) is 6.54 Å². The number of para-hydroxylation sites is 1. The monoisotopic (exact) mass is 468 g/mol. The zero-order valence-electron chi connectivity index (χ0n) is 17.7. The largest absolute Gasteiger partial charge is 0.497 e. The number of hydrogen-bond donors (Lipinski definition) is 1. The van der Waals surface area contributed by atoms with E-state index in [0.29, 0.717) is 33.7 Å². The number of rotatable bonds is 8. The average molecular weight is 469 g/mol. The number of aromatic nitrogens is 4. The fraction of sp³-hybridized carbons (Fsp3) is 0.136. The molecular formula is C22H21FN6O3S. The molecule has 9 nitrogen and oxygen atoms in total. The van der Waals surface area contributed by atoms with Crippen LogP contribution in [-0.4, -0.2) is 41.8 Å². The molecule has 0 saturated carbocycles. The molecule has 0 atom stereocenters. The standard InChI is InChI=1S/C22H21FN6O3S/c1-3-33(30,31)29(17-7-5-4-6-8-17)10-9-28-22-19(21(24)25-14-26-22)20(27-28)15-11-16(23)13-18(12-15)32-2/h3-8,11-14H,1,9-10H2,2H3,(H2,24,25,26). The third-order valence-electron chi connectivity index (χ3n) is 5.02. The summed E-state index contributed by atoms with van der Waals surface area (Å²) in [5.74, 6) is -0.0200. The van der Waals surface area contributed by atoms with Gasteiger partial charge in [0.15, 0.2) is 5.65 Å². The number of nitrogens with two attached hydrogens (primary N) is 1. The van der Waals surface area contributed by atoms with Crippen molar-refractivity contribution in [2.75, 3.05) is 23.7 Å². The Bertz CT molecular complexity index is 1420. The second-order valence-corrected chi connectivity index (χ2v) is 8.83. The minimum absolute atomic E-state index is 0.0466. The van der Waals surface area contributed by atoms with Gasteiger partial charge in [0.05, 0.1) is 31.3 Å². The van der Waals surface area contributed by atoms with E-state index in [1.165, 1.54) is 34.6 Å². The second kappa shape index (κ2) is 8.87. The van der Waals surface area contributed by atoms with Crippen LogP contribution in [0, 0.1) is 5.82 Å². The van der Waals surface area contributed by atoms with E-state index in [1.54, 1.807) is 36.4 Å². The number of nitrogens with zero attached hydrogens (tertiary/aromatic N) is 5. The summed E-state index contributed by atoms with van der Waals surface area (Å²) < 4.78 is 47.4. The number of ether oxygens (including phenoxy) is 1. The normalized spacial score (nSPS) is 11.5. The summed E-state index contributed by atoms with van der Waals surface area (Å²) >= 11 is 0. The number of sulfonamides is 1. The Morgan fingerprint density at radius 1 is 1.21 bits per heavy atom. The first-order valence-corrected chi connectivity index (χ1v) is 11.4. The molecule has 2 aromatic carbocycles. The summed E-state index contributed by atoms with van der Waals surface area (Å²) in [5, 5.41) is 5.90. The molecule has 2 N–H and O–H groups in total. The van der Waals surface area contributed by atoms with Crippen molar-refractivity contribution in [3.05, 3.63) is 72.7 Å². The van der Waals surface area contributed by atoms with Crippen LogP contribution in [0.1, 0.15) is 0 Å². The molecule has 0 fully saturated rings. The minimum atomic E-state index is -3.77. The highest BCUT2D eigenvalue weighted by Crippen LogP contribution is 2.32. The van der Waals surface area contributed by atoms with Crippen molar-refractivity contribution < 1.29 is 17.5 Å². The lowest BCUT2D eigenvalue weighted by Gasteiger charge is -2.22. The quantitative estimate of drug-likeness (QED) is 0.422. The topological polar surface area (TPSA) is 116 Å². The molecule has 0 aliphatic carbocycles. The van der Waals surface area contributed by atoms with Crippen LogP contribution in [-0.2, 0) is 16.6 Å². The van der Waals surface area contributed by atoms with Gasteiger partial charge >= 0.3 is 0 Å². The maximum atomic E-state index is 14.2. The van der Waals surface area contributed by atoms with Crippen LogP contribution in [0.25, 0.3) is 22.3 Å². The van der Waals surface area contributed by atoms with Crippen molar-refractivity contribution in [1.29, 1.82) is 0 Å². The molecule has 0 bridgehead atoms. The Morgan fingerprint density at radius 2 is 1.97 bits per heavy atom. The maximum Gasteiger partial charge on any atom is 0.256 e. The third kappa shape index (κ3) is 4.35. The van der Waals surface area contributed by atoms with E-state index in [4.69, 9.17) is 10.5 Å². The van der Waals surface area contributed by atoms with E-state index in [1.807, 2.05) is 0 Å². The summed E-state index contributed by atoms with van der Waals surface area (Å²) in [4.78, 5) is 8.32. The molecule has 11 heteroatoms. The average Bonchev–Trinajstić information content (AvgIpc) is 3.19. The molecule has 0 unspecified atom stereocenters. The first kappa shape index (κ1) is 22.2. The van der Waals surface area contributed by atoms with Crippen molar-refractivity contribution in [2.24, 2.45) is 0 Å². The van der Waals surface area contributed by atoms with Gasteiger partial charge in [-0.2, -0.15) is 5.10 Å². The summed E-state index contributed by atoms with van der Waals surface area (Å²) in [5.41, 5.74) is 7.77. The molecule has 0 amide bonds. The molecule has 4 rings (SSSR count). The number of hydrogen-bond acceptors (Lipinski definition) is 7. The number of nitrogen functional groups attached to an aromatic ring is 1. The van der Waals surface area contributed by atoms with Gasteiger partial charge in [-0.15, -0.1) is 0 Å². The minimum Gasteiger partial charge on any atom is -0.497 e. The Labute approximate surface area is 190 Å². The molecule has 4 aromatic rings. The molecular weight excluding hydrogens is 447 g/mol. The second-order valence-electron chi connectivity index (χ2n) is 7.03. The summed E-state index contributed by atoms with van der Waals surface area (Å²) in [7, 11) is -2.34. The van der Waals surface area contributed by atoms with Gasteiger partial charge in [-0.25, -0.2) is 27.5 Å². The Morgan fingerprint density at radius 3 is 2.67 bits per heavy atom. The van der Waals surface area contributed by atoms with E-state index in [2.05, 4.69) is 21.6 Å². The van der Waals surface area contributed by atoms with Crippen LogP contribution in [0.2, 0.25) is 0 Å². The van der Waals surface area contributed by atoms with E-state index < -0.39 is 15.8 Å². The first-order chi connectivity index (χ1) is 15.8. The van der Waals surface area contributed by atoms with Gasteiger partial charge in [-0.05, 0) is 24.3 Å². The lowest BCUT2D eigenvalue weighted by molar-refractivity contribution is 0.411. The number of halogens is 1. The first-order valence-electron chi connectivity index (χ1n) is 9.86. The van der Waals surface area contributed by atoms with Gasteiger partial charge in [-0.1, -0.05) is 24.8 Å². The highest BCUT2D eigenvalue weighted by atomic mass is 32.2. The molecule has 0 spiro atoms. The van der Waals surface area contributed by atoms with Crippen LogP contribution in [0.4, 0.5) is 15.9 Å². The summed E-state index contributed by atoms with van der Waals surface area (Å²) in [6.45, 7) is 3.61. The van der Waals surface area contributed by atoms with Crippen molar-refractivity contribution >= 4 is 32.6 Å². The number of anilines is 2. The molecule has 2 heterocycles. The zero-order chi connectivity index (χ0) is 23.6. The van der Waals surface area contributed by atoms with Crippen LogP contribution in [0.3, 0.4) is 0 Å². The Kier molecular flexibility index (Phi) is 5.97. The predicted octanol–water partition coefficient (Wildman–Crippen LogP) is 3.20. The van der Waals surface area contributed by atoms with Crippen molar-refractivity contribution in [3.63, 3.8) is 0 Å². The highest BCUT2D eigenvalue weighted by molar-refractivity contribution is 7.95. The SMILES string of the molecule is C=CS(=O)(=O)N(CCn1nc(-c2cc(F)cc(OC)c2)c2c(N)ncnc21)c1ccccc1. The van der Waals surface area contributed by atoms with Crippen molar-refractivity contribution in [1.82, 2.24) is 19.7 Å². The summed E-state index contributed by atoms with van der Waals surface area (Å²) in [6.07, 6.45) is 1.29. The zero-order valence-corrected chi connectivity index (χ0v) is 18.5. The molecule has 0 aliphatic heterocycles. The van der Waals surface area contributed by atoms with Crippen LogP contribution in [0.5, 0.6) is 5.75 Å². The van der Waals surface area contributed by atoms with Crippen LogP contribution in [0.15, 0.2) is 66.8 Å². The van der Waals surface area contributed by atoms with Crippen molar-refractivity contribution in [3.8, 4) is 17.0 Å². The lowest BCUT2D eigenvalue weighted by atomic mass is 10.1. The molecule has 0 saturated heterocycles. The van der Waals surface area contributed by atoms with Gasteiger partial charge in [-0.3, -0.25) is 4.31 Å². The van der Waals surface area contributed by atoms with Gasteiger partial charge in [0.25, 0.3) is 10.0 Å². The van der Waals surface area contributed by atoms with Gasteiger partial charge in [0, 0.05) is 17.0 Å². The maximum absolute atomic E-state index is 14.2. The van der Waals surface area contributed by atoms with E-state index in [0.717, 1.165) is 5.41 Å². The fourth-order valence-corrected chi connectivity index (χ4v) is 4.41. The summed E-state index contributed by atoms with van der Waals surface area (Å²) in [6, 6.07) is 12.8. The van der Waals surface area contributed by atoms with Crippen LogP contribution < -0.4 is 14.8 Å². The number of fused-ring (bicyclic) bond motifs is 1. The molecule has 170 valence electrons. The fourth-order valence-electron chi connectivity index (χ4n) is 3.48. The molecule has 33 heavy (non-hydrogen) atoms. The third-order valence-corrected chi connectivity index (χ3v) is 6.44. The van der Waals surface area contributed by atoms with Gasteiger partial charge in [0.2, 0.25) is 0 Å². The van der Waals surface area contributed by atoms with Crippen LogP contribution >= 0.6 is 0 Å². The Hall–Kier alpha value is -3.99. The van der Waals surface area contributed by atoms with E-state index >= 15 is 0 Å². The van der Waals surface area contributed by atoms with Gasteiger partial charge < -0.3 is 10.5 Å². The van der Waals surface area contributed by atoms with E-state index in [9.17, 15) is 12.8 Å². The highest BCUT2D eigenvalue weighted by Gasteiger charge is 2.22. The molecule has 0 radical (unpaired) electrons. The van der Waals surface area contributed by atoms with E-state index in [-0.39, 0.29) is 18.9 Å². The Balaban J connectivity index is 1.78. The lowest BCUT2D eigenvalue weighted by Crippen LogP contribution is -2.32. The predicted molar refractivity (Wildman–Crippen MR) is 125 cm³/mol. The number of benzene rings is 2. The molecule has 0 aliphatic rings. The molecule has 2 aromatic heterocycles. The smallest absolute Gasteiger partial charge is 0.256 e.